The second-order valence-corrected chi connectivity index (χ2v) is 17.9. The molecule has 6 aromatic rings. The molecule has 0 radical (unpaired) electrons. The molecule has 0 saturated carbocycles. The van der Waals surface area contributed by atoms with E-state index in [1.165, 1.54) is 22.3 Å². The van der Waals surface area contributed by atoms with Gasteiger partial charge in [-0.15, -0.1) is 0 Å². The van der Waals surface area contributed by atoms with Crippen LogP contribution in [0.2, 0.25) is 0 Å². The molecule has 0 aliphatic carbocycles. The van der Waals surface area contributed by atoms with E-state index < -0.39 is 35.9 Å². The second kappa shape index (κ2) is 29.6. The van der Waals surface area contributed by atoms with Gasteiger partial charge >= 0.3 is 17.9 Å². The SMILES string of the molecule is CCOC(C)=O.O=C(O)[C@@H]1C[C@H](OCC#Cc2ccccc2)CCN1C(=O)C(c1ccccc1)c1ccccc1.O=C(O)[C@@H]1C[C@H](OCCCc2ccccc2)CCN1C(=O)C(c1ccccc1)c1ccccc1. The Morgan fingerprint density at radius 2 is 0.932 bits per heavy atom. The summed E-state index contributed by atoms with van der Waals surface area (Å²) >= 11 is 0. The number of carboxylic acid groups (broad SMARTS) is 2. The fourth-order valence-corrected chi connectivity index (χ4v) is 9.23. The highest BCUT2D eigenvalue weighted by molar-refractivity contribution is 5.92. The van der Waals surface area contributed by atoms with E-state index in [4.69, 9.17) is 9.47 Å². The van der Waals surface area contributed by atoms with E-state index in [2.05, 4.69) is 28.7 Å². The number of likely N-dealkylation sites (tertiary alicyclic amines) is 2. The summed E-state index contributed by atoms with van der Waals surface area (Å²) in [5.74, 6) is 2.35. The number of esters is 1. The molecule has 2 saturated heterocycles. The molecule has 4 atom stereocenters. The Hall–Kier alpha value is -7.85. The normalized spacial score (nSPS) is 17.0. The van der Waals surface area contributed by atoms with E-state index in [0.717, 1.165) is 40.7 Å². The molecule has 74 heavy (non-hydrogen) atoms. The lowest BCUT2D eigenvalue weighted by Gasteiger charge is -2.39. The van der Waals surface area contributed by atoms with E-state index in [9.17, 15) is 34.2 Å². The Kier molecular flexibility index (Phi) is 22.2. The lowest BCUT2D eigenvalue weighted by molar-refractivity contribution is -0.156. The van der Waals surface area contributed by atoms with Crippen molar-refractivity contribution < 1.29 is 48.4 Å². The van der Waals surface area contributed by atoms with Crippen LogP contribution in [0.25, 0.3) is 0 Å². The third-order valence-electron chi connectivity index (χ3n) is 12.8. The zero-order valence-electron chi connectivity index (χ0n) is 42.1. The largest absolute Gasteiger partial charge is 0.480 e. The molecule has 2 aliphatic rings. The van der Waals surface area contributed by atoms with Crippen LogP contribution < -0.4 is 0 Å². The number of carbonyl (C=O) groups is 5. The van der Waals surface area contributed by atoms with Crippen LogP contribution in [0.1, 0.15) is 91.2 Å². The minimum Gasteiger partial charge on any atom is -0.480 e. The maximum absolute atomic E-state index is 13.8. The number of piperidine rings is 2. The van der Waals surface area contributed by atoms with Crippen molar-refractivity contribution in [3.05, 3.63) is 215 Å². The predicted octanol–water partition coefficient (Wildman–Crippen LogP) is 9.81. The topological polar surface area (TPSA) is 160 Å². The minimum absolute atomic E-state index is 0.159. The average molecular weight is 999 g/mol. The summed E-state index contributed by atoms with van der Waals surface area (Å²) in [6.45, 7) is 5.14. The number of hydrogen-bond acceptors (Lipinski definition) is 8. The fourth-order valence-electron chi connectivity index (χ4n) is 9.23. The highest BCUT2D eigenvalue weighted by atomic mass is 16.5. The van der Waals surface area contributed by atoms with Crippen molar-refractivity contribution in [1.29, 1.82) is 0 Å². The van der Waals surface area contributed by atoms with Gasteiger partial charge in [-0.2, -0.15) is 0 Å². The van der Waals surface area contributed by atoms with Gasteiger partial charge in [0.15, 0.2) is 0 Å². The molecule has 12 heteroatoms. The molecule has 6 aromatic carbocycles. The summed E-state index contributed by atoms with van der Waals surface area (Å²) < 4.78 is 16.3. The van der Waals surface area contributed by atoms with Crippen LogP contribution in [0.15, 0.2) is 182 Å². The number of aryl methyl sites for hydroxylation is 1. The summed E-state index contributed by atoms with van der Waals surface area (Å²) in [6, 6.07) is 56.2. The molecule has 2 amide bonds. The maximum Gasteiger partial charge on any atom is 0.326 e. The molecule has 0 unspecified atom stereocenters. The molecule has 0 bridgehead atoms. The number of carboxylic acids is 2. The van der Waals surface area contributed by atoms with Gasteiger partial charge in [0.1, 0.15) is 18.7 Å². The maximum atomic E-state index is 13.8. The van der Waals surface area contributed by atoms with Crippen LogP contribution in [-0.2, 0) is 44.6 Å². The van der Waals surface area contributed by atoms with E-state index in [1.54, 1.807) is 6.92 Å². The zero-order valence-corrected chi connectivity index (χ0v) is 42.1. The summed E-state index contributed by atoms with van der Waals surface area (Å²) in [5, 5.41) is 19.9. The molecular formula is C62H66N2O10. The van der Waals surface area contributed by atoms with Crippen LogP contribution in [-0.4, -0.2) is 107 Å². The fraction of sp³-hybridized carbons (Fsp3) is 0.306. The van der Waals surface area contributed by atoms with Crippen molar-refractivity contribution in [3.63, 3.8) is 0 Å². The number of hydrogen-bond donors (Lipinski definition) is 2. The highest BCUT2D eigenvalue weighted by Crippen LogP contribution is 2.33. The Balaban J connectivity index is 0.000000217. The van der Waals surface area contributed by atoms with Crippen LogP contribution >= 0.6 is 0 Å². The van der Waals surface area contributed by atoms with Gasteiger partial charge in [-0.05, 0) is 72.6 Å². The molecule has 0 spiro atoms. The first-order valence-corrected chi connectivity index (χ1v) is 25.2. The van der Waals surface area contributed by atoms with Gasteiger partial charge in [0.25, 0.3) is 0 Å². The standard InChI is InChI=1S/C29H31NO4.C29H27NO4.C4H8O2/c2*31-28(27(23-14-6-2-7-15-23)24-16-8-3-9-17-24)30-19-18-25(21-26(30)29(32)33)34-20-10-13-22-11-4-1-5-12-22;1-3-6-4(2)5/h1-9,11-12,14-17,25-27H,10,13,18-21H2,(H,32,33);1-9,11-12,14-17,25-27H,18-21H2,(H,32,33);3H2,1-2H3/t2*25-,26+;/m11./s1. The quantitative estimate of drug-likeness (QED) is 0.0543. The monoisotopic (exact) mass is 998 g/mol. The van der Waals surface area contributed by atoms with Crippen LogP contribution in [0, 0.1) is 11.8 Å². The van der Waals surface area contributed by atoms with Gasteiger partial charge in [0.2, 0.25) is 11.8 Å². The van der Waals surface area contributed by atoms with Gasteiger partial charge in [-0.1, -0.05) is 182 Å². The first-order chi connectivity index (χ1) is 36.0. The van der Waals surface area contributed by atoms with Crippen molar-refractivity contribution in [2.75, 3.05) is 32.9 Å². The molecule has 12 nitrogen and oxygen atoms in total. The first-order valence-electron chi connectivity index (χ1n) is 25.2. The number of amides is 2. The molecule has 2 N–H and O–H groups in total. The third kappa shape index (κ3) is 16.9. The summed E-state index contributed by atoms with van der Waals surface area (Å²) in [5.41, 5.74) is 5.59. The second-order valence-electron chi connectivity index (χ2n) is 17.9. The molecule has 2 heterocycles. The summed E-state index contributed by atoms with van der Waals surface area (Å²) in [6.07, 6.45) is 3.14. The van der Waals surface area contributed by atoms with Gasteiger partial charge in [0, 0.05) is 45.0 Å². The zero-order chi connectivity index (χ0) is 52.5. The Morgan fingerprint density at radius 1 is 0.554 bits per heavy atom. The van der Waals surface area contributed by atoms with Crippen LogP contribution in [0.5, 0.6) is 0 Å². The van der Waals surface area contributed by atoms with Gasteiger partial charge in [-0.3, -0.25) is 14.4 Å². The molecule has 384 valence electrons. The van der Waals surface area contributed by atoms with Crippen LogP contribution in [0.4, 0.5) is 0 Å². The van der Waals surface area contributed by atoms with E-state index >= 15 is 0 Å². The highest BCUT2D eigenvalue weighted by Gasteiger charge is 2.41. The molecule has 8 rings (SSSR count). The minimum atomic E-state index is -1.02. The average Bonchev–Trinajstić information content (AvgIpc) is 3.43. The van der Waals surface area contributed by atoms with E-state index in [0.29, 0.717) is 45.6 Å². The smallest absolute Gasteiger partial charge is 0.326 e. The number of aliphatic carboxylic acids is 2. The number of benzene rings is 6. The Labute approximate surface area is 434 Å². The van der Waals surface area contributed by atoms with E-state index in [1.807, 2.05) is 170 Å². The molecule has 2 aliphatic heterocycles. The summed E-state index contributed by atoms with van der Waals surface area (Å²) in [7, 11) is 0. The van der Waals surface area contributed by atoms with Gasteiger partial charge in [0.05, 0.1) is 30.7 Å². The van der Waals surface area contributed by atoms with Crippen molar-refractivity contribution in [1.82, 2.24) is 9.80 Å². The van der Waals surface area contributed by atoms with Crippen molar-refractivity contribution in [2.45, 2.75) is 88.5 Å². The van der Waals surface area contributed by atoms with Crippen molar-refractivity contribution >= 4 is 29.7 Å². The predicted molar refractivity (Wildman–Crippen MR) is 284 cm³/mol. The molecule has 0 aromatic heterocycles. The lowest BCUT2D eigenvalue weighted by Crippen LogP contribution is -2.53. The lowest BCUT2D eigenvalue weighted by atomic mass is 9.88. The molecular weight excluding hydrogens is 933 g/mol. The summed E-state index contributed by atoms with van der Waals surface area (Å²) in [4.78, 5) is 64.7. The van der Waals surface area contributed by atoms with E-state index in [-0.39, 0.29) is 43.0 Å². The Morgan fingerprint density at radius 3 is 1.30 bits per heavy atom. The number of carbonyl (C=O) groups excluding carboxylic acids is 3. The van der Waals surface area contributed by atoms with Crippen molar-refractivity contribution in [2.24, 2.45) is 0 Å². The molecule has 2 fully saturated rings. The third-order valence-corrected chi connectivity index (χ3v) is 12.8. The number of rotatable bonds is 16. The van der Waals surface area contributed by atoms with Crippen LogP contribution in [0.3, 0.4) is 0 Å². The van der Waals surface area contributed by atoms with Gasteiger partial charge in [-0.25, -0.2) is 9.59 Å². The number of ether oxygens (including phenoxy) is 3. The van der Waals surface area contributed by atoms with Crippen molar-refractivity contribution in [3.8, 4) is 11.8 Å². The van der Waals surface area contributed by atoms with Gasteiger partial charge < -0.3 is 34.2 Å². The number of nitrogens with zero attached hydrogens (tertiary/aromatic N) is 2. The first kappa shape index (κ1) is 55.5. The Bertz CT molecular complexity index is 2640.